The zero-order chi connectivity index (χ0) is 15.5. The molecule has 22 heavy (non-hydrogen) atoms. The molecule has 1 saturated heterocycles. The Hall–Kier alpha value is -1.59. The summed E-state index contributed by atoms with van der Waals surface area (Å²) in [5.74, 6) is 0. The lowest BCUT2D eigenvalue weighted by Crippen LogP contribution is -2.40. The van der Waals surface area contributed by atoms with Gasteiger partial charge in [-0.3, -0.25) is 4.90 Å². The van der Waals surface area contributed by atoms with Gasteiger partial charge in [-0.25, -0.2) is 4.79 Å². The van der Waals surface area contributed by atoms with Crippen molar-refractivity contribution in [3.05, 3.63) is 29.8 Å². The Morgan fingerprint density at radius 2 is 2.14 bits per heavy atom. The molecule has 120 valence electrons. The van der Waals surface area contributed by atoms with E-state index >= 15 is 0 Å². The molecule has 0 bridgehead atoms. The first-order valence-corrected chi connectivity index (χ1v) is 8.07. The van der Waals surface area contributed by atoms with Crippen LogP contribution in [-0.2, 0) is 11.3 Å². The molecule has 0 unspecified atom stereocenters. The van der Waals surface area contributed by atoms with E-state index in [0.29, 0.717) is 12.6 Å². The van der Waals surface area contributed by atoms with Crippen LogP contribution in [0.25, 0.3) is 0 Å². The van der Waals surface area contributed by atoms with Gasteiger partial charge in [0.25, 0.3) is 0 Å². The van der Waals surface area contributed by atoms with Gasteiger partial charge in [0.2, 0.25) is 0 Å². The van der Waals surface area contributed by atoms with Crippen LogP contribution in [0, 0.1) is 0 Å². The summed E-state index contributed by atoms with van der Waals surface area (Å²) >= 11 is 0. The number of ether oxygens (including phenoxy) is 1. The number of carbonyl (C=O) groups excluding carboxylic acids is 1. The largest absolute Gasteiger partial charge is 0.380 e. The van der Waals surface area contributed by atoms with Crippen molar-refractivity contribution in [1.82, 2.24) is 10.2 Å². The molecule has 1 aliphatic heterocycles. The van der Waals surface area contributed by atoms with E-state index in [-0.39, 0.29) is 12.1 Å². The smallest absolute Gasteiger partial charge is 0.319 e. The van der Waals surface area contributed by atoms with Crippen LogP contribution in [0.5, 0.6) is 0 Å². The van der Waals surface area contributed by atoms with Crippen LogP contribution in [0.4, 0.5) is 10.5 Å². The van der Waals surface area contributed by atoms with Crippen molar-refractivity contribution in [2.24, 2.45) is 0 Å². The predicted octanol–water partition coefficient (Wildman–Crippen LogP) is 2.58. The minimum Gasteiger partial charge on any atom is -0.380 e. The quantitative estimate of drug-likeness (QED) is 0.879. The molecule has 0 spiro atoms. The Balaban J connectivity index is 1.54. The number of hydrogen-bond acceptors (Lipinski definition) is 3. The van der Waals surface area contributed by atoms with Gasteiger partial charge in [-0.2, -0.15) is 0 Å². The number of urea groups is 1. The van der Waals surface area contributed by atoms with Crippen LogP contribution in [0.15, 0.2) is 24.3 Å². The molecule has 1 heterocycles. The summed E-state index contributed by atoms with van der Waals surface area (Å²) in [4.78, 5) is 14.8. The number of anilines is 1. The van der Waals surface area contributed by atoms with E-state index in [1.165, 1.54) is 12.8 Å². The van der Waals surface area contributed by atoms with Gasteiger partial charge in [0, 0.05) is 43.0 Å². The summed E-state index contributed by atoms with van der Waals surface area (Å²) in [6, 6.07) is 9.17. The normalized spacial score (nSPS) is 25.2. The monoisotopic (exact) mass is 303 g/mol. The van der Waals surface area contributed by atoms with E-state index in [0.717, 1.165) is 30.3 Å². The van der Waals surface area contributed by atoms with E-state index in [4.69, 9.17) is 4.74 Å². The third-order valence-electron chi connectivity index (χ3n) is 4.54. The van der Waals surface area contributed by atoms with Gasteiger partial charge in [-0.1, -0.05) is 18.2 Å². The Bertz CT molecular complexity index is 530. The summed E-state index contributed by atoms with van der Waals surface area (Å²) in [7, 11) is 1.66. The molecule has 2 aliphatic rings. The van der Waals surface area contributed by atoms with Crippen molar-refractivity contribution in [3.63, 3.8) is 0 Å². The summed E-state index contributed by atoms with van der Waals surface area (Å²) < 4.78 is 5.17. The predicted molar refractivity (Wildman–Crippen MR) is 86.9 cm³/mol. The maximum Gasteiger partial charge on any atom is 0.319 e. The van der Waals surface area contributed by atoms with Crippen molar-refractivity contribution < 1.29 is 9.53 Å². The average Bonchev–Trinajstić information content (AvgIpc) is 3.26. The van der Waals surface area contributed by atoms with Gasteiger partial charge in [0.05, 0.1) is 6.61 Å². The van der Waals surface area contributed by atoms with E-state index < -0.39 is 0 Å². The van der Waals surface area contributed by atoms with Crippen LogP contribution in [0.2, 0.25) is 0 Å². The number of likely N-dealkylation sites (tertiary alicyclic amines) is 1. The minimum absolute atomic E-state index is 0.126. The third kappa shape index (κ3) is 3.59. The Morgan fingerprint density at radius 1 is 1.36 bits per heavy atom. The molecule has 2 fully saturated rings. The number of nitrogens with one attached hydrogen (secondary N) is 2. The van der Waals surface area contributed by atoms with Crippen molar-refractivity contribution in [1.29, 1.82) is 0 Å². The Morgan fingerprint density at radius 3 is 2.86 bits per heavy atom. The first-order valence-electron chi connectivity index (χ1n) is 8.07. The molecule has 2 amide bonds. The first kappa shape index (κ1) is 15.3. The number of rotatable bonds is 5. The molecule has 5 heteroatoms. The second-order valence-electron chi connectivity index (χ2n) is 6.40. The molecule has 0 radical (unpaired) electrons. The number of nitrogens with zero attached hydrogens (tertiary/aromatic N) is 1. The number of carbonyl (C=O) groups is 1. The lowest BCUT2D eigenvalue weighted by Gasteiger charge is -2.19. The van der Waals surface area contributed by atoms with E-state index in [9.17, 15) is 4.79 Å². The highest BCUT2D eigenvalue weighted by Gasteiger charge is 2.39. The Labute approximate surface area is 132 Å². The summed E-state index contributed by atoms with van der Waals surface area (Å²) in [6.07, 6.45) is 3.66. The average molecular weight is 303 g/mol. The fourth-order valence-corrected chi connectivity index (χ4v) is 3.34. The zero-order valence-corrected chi connectivity index (χ0v) is 13.3. The maximum atomic E-state index is 12.2. The summed E-state index contributed by atoms with van der Waals surface area (Å²) in [5.41, 5.74) is 1.80. The highest BCUT2D eigenvalue weighted by Crippen LogP contribution is 2.33. The van der Waals surface area contributed by atoms with Crippen LogP contribution >= 0.6 is 0 Å². The van der Waals surface area contributed by atoms with Crippen LogP contribution < -0.4 is 10.6 Å². The topological polar surface area (TPSA) is 53.6 Å². The number of para-hydroxylation sites is 1. The SMILES string of the molecule is COCc1ccccc1NC(=O)N[C@@H]1C[C@H](C)N(C2CC2)C1. The molecule has 1 saturated carbocycles. The molecule has 0 aromatic heterocycles. The second-order valence-corrected chi connectivity index (χ2v) is 6.40. The highest BCUT2D eigenvalue weighted by atomic mass is 16.5. The fourth-order valence-electron chi connectivity index (χ4n) is 3.34. The lowest BCUT2D eigenvalue weighted by atomic mass is 10.2. The van der Waals surface area contributed by atoms with E-state index in [1.807, 2.05) is 24.3 Å². The highest BCUT2D eigenvalue weighted by molar-refractivity contribution is 5.90. The molecule has 2 N–H and O–H groups in total. The van der Waals surface area contributed by atoms with Crippen molar-refractivity contribution in [3.8, 4) is 0 Å². The van der Waals surface area contributed by atoms with Crippen molar-refractivity contribution >= 4 is 11.7 Å². The van der Waals surface area contributed by atoms with E-state index in [2.05, 4.69) is 22.5 Å². The molecular formula is C17H25N3O2. The van der Waals surface area contributed by atoms with Crippen molar-refractivity contribution in [2.45, 2.75) is 50.9 Å². The van der Waals surface area contributed by atoms with Crippen LogP contribution in [-0.4, -0.2) is 42.7 Å². The fraction of sp³-hybridized carbons (Fsp3) is 0.588. The summed E-state index contributed by atoms with van der Waals surface area (Å²) in [6.45, 7) is 3.72. The summed E-state index contributed by atoms with van der Waals surface area (Å²) in [5, 5.41) is 6.06. The van der Waals surface area contributed by atoms with Gasteiger partial charge in [-0.05, 0) is 32.3 Å². The molecule has 2 atom stereocenters. The molecule has 1 aromatic rings. The third-order valence-corrected chi connectivity index (χ3v) is 4.54. The van der Waals surface area contributed by atoms with Crippen LogP contribution in [0.3, 0.4) is 0 Å². The number of amides is 2. The standard InChI is InChI=1S/C17H25N3O2/c1-12-9-14(10-20(12)15-7-8-15)18-17(21)19-16-6-4-3-5-13(16)11-22-2/h3-6,12,14-15H,7-11H2,1-2H3,(H2,18,19,21)/t12-,14+/m0/s1. The van der Waals surface area contributed by atoms with E-state index in [1.54, 1.807) is 7.11 Å². The Kier molecular flexibility index (Phi) is 4.64. The number of methoxy groups -OCH3 is 1. The van der Waals surface area contributed by atoms with Gasteiger partial charge in [0.15, 0.2) is 0 Å². The van der Waals surface area contributed by atoms with Gasteiger partial charge in [0.1, 0.15) is 0 Å². The lowest BCUT2D eigenvalue weighted by molar-refractivity contribution is 0.185. The first-order chi connectivity index (χ1) is 10.7. The minimum atomic E-state index is -0.126. The molecule has 5 nitrogen and oxygen atoms in total. The second kappa shape index (κ2) is 6.67. The van der Waals surface area contributed by atoms with Gasteiger partial charge >= 0.3 is 6.03 Å². The van der Waals surface area contributed by atoms with Crippen LogP contribution in [0.1, 0.15) is 31.7 Å². The number of benzene rings is 1. The van der Waals surface area contributed by atoms with Gasteiger partial charge in [-0.15, -0.1) is 0 Å². The maximum absolute atomic E-state index is 12.2. The van der Waals surface area contributed by atoms with Gasteiger partial charge < -0.3 is 15.4 Å². The van der Waals surface area contributed by atoms with Crippen molar-refractivity contribution in [2.75, 3.05) is 19.0 Å². The molecule has 3 rings (SSSR count). The molecular weight excluding hydrogens is 278 g/mol. The zero-order valence-electron chi connectivity index (χ0n) is 13.3. The molecule has 1 aliphatic carbocycles. The molecule has 1 aromatic carbocycles. The number of hydrogen-bond donors (Lipinski definition) is 2.